The summed E-state index contributed by atoms with van der Waals surface area (Å²) in [7, 11) is 0. The SMILES string of the molecule is CCN(CCNC(=O)C1CC2CCCC(C1)C2N)c1cccc(C)c1.Cl.Cl. The van der Waals surface area contributed by atoms with Crippen molar-refractivity contribution in [2.45, 2.75) is 52.0 Å². The van der Waals surface area contributed by atoms with Gasteiger partial charge in [-0.05, 0) is 69.1 Å². The molecule has 1 aromatic rings. The number of halogens is 2. The Morgan fingerprint density at radius 2 is 1.89 bits per heavy atom. The molecule has 0 radical (unpaired) electrons. The molecular weight excluding hydrogens is 381 g/mol. The number of carbonyl (C=O) groups excluding carboxylic acids is 1. The Hall–Kier alpha value is -0.970. The van der Waals surface area contributed by atoms with E-state index in [4.69, 9.17) is 5.73 Å². The fourth-order valence-corrected chi connectivity index (χ4v) is 4.76. The first kappa shape index (κ1) is 24.1. The van der Waals surface area contributed by atoms with Gasteiger partial charge in [-0.1, -0.05) is 18.6 Å². The zero-order valence-electron chi connectivity index (χ0n) is 16.5. The van der Waals surface area contributed by atoms with Gasteiger partial charge in [0.2, 0.25) is 5.91 Å². The molecule has 2 saturated carbocycles. The summed E-state index contributed by atoms with van der Waals surface area (Å²) >= 11 is 0. The Balaban J connectivity index is 0.00000182. The second kappa shape index (κ2) is 11.1. The van der Waals surface area contributed by atoms with Gasteiger partial charge in [-0.25, -0.2) is 0 Å². The third-order valence-corrected chi connectivity index (χ3v) is 6.21. The number of carbonyl (C=O) groups is 1. The molecule has 0 spiro atoms. The normalized spacial score (nSPS) is 26.3. The van der Waals surface area contributed by atoms with Gasteiger partial charge >= 0.3 is 0 Å². The molecule has 2 bridgehead atoms. The number of anilines is 1. The molecule has 1 amide bonds. The summed E-state index contributed by atoms with van der Waals surface area (Å²) in [5, 5.41) is 3.18. The summed E-state index contributed by atoms with van der Waals surface area (Å²) in [4.78, 5) is 14.9. The number of likely N-dealkylation sites (N-methyl/N-ethyl adjacent to an activating group) is 1. The number of nitrogens with two attached hydrogens (primary N) is 1. The lowest BCUT2D eigenvalue weighted by molar-refractivity contribution is -0.127. The van der Waals surface area contributed by atoms with Gasteiger partial charge in [-0.3, -0.25) is 4.79 Å². The largest absolute Gasteiger partial charge is 0.370 e. The van der Waals surface area contributed by atoms with Gasteiger partial charge in [0.05, 0.1) is 0 Å². The second-order valence-electron chi connectivity index (χ2n) is 7.91. The van der Waals surface area contributed by atoms with E-state index in [1.807, 2.05) is 0 Å². The molecule has 4 nitrogen and oxygen atoms in total. The van der Waals surface area contributed by atoms with Gasteiger partial charge in [0.15, 0.2) is 0 Å². The zero-order chi connectivity index (χ0) is 17.8. The van der Waals surface area contributed by atoms with E-state index in [0.29, 0.717) is 24.4 Å². The maximum Gasteiger partial charge on any atom is 0.223 e. The van der Waals surface area contributed by atoms with Crippen molar-refractivity contribution in [3.05, 3.63) is 29.8 Å². The number of aryl methyl sites for hydroxylation is 1. The van der Waals surface area contributed by atoms with Crippen LogP contribution in [0.1, 0.15) is 44.6 Å². The molecule has 0 aromatic heterocycles. The number of nitrogens with one attached hydrogen (secondary N) is 1. The van der Waals surface area contributed by atoms with Crippen molar-refractivity contribution in [3.8, 4) is 0 Å². The van der Waals surface area contributed by atoms with E-state index in [-0.39, 0.29) is 36.6 Å². The Labute approximate surface area is 176 Å². The molecule has 1 aromatic carbocycles. The molecule has 2 aliphatic carbocycles. The van der Waals surface area contributed by atoms with E-state index < -0.39 is 0 Å². The molecule has 2 fully saturated rings. The van der Waals surface area contributed by atoms with Crippen LogP contribution in [0.25, 0.3) is 0 Å². The summed E-state index contributed by atoms with van der Waals surface area (Å²) in [6.45, 7) is 6.78. The molecule has 0 aliphatic heterocycles. The van der Waals surface area contributed by atoms with E-state index in [1.165, 1.54) is 30.5 Å². The van der Waals surface area contributed by atoms with Crippen LogP contribution in [0.3, 0.4) is 0 Å². The summed E-state index contributed by atoms with van der Waals surface area (Å²) < 4.78 is 0. The lowest BCUT2D eigenvalue weighted by Gasteiger charge is -2.43. The van der Waals surface area contributed by atoms with Gasteiger partial charge in [0, 0.05) is 37.3 Å². The second-order valence-corrected chi connectivity index (χ2v) is 7.91. The molecule has 2 unspecified atom stereocenters. The highest BCUT2D eigenvalue weighted by Crippen LogP contribution is 2.41. The monoisotopic (exact) mass is 415 g/mol. The summed E-state index contributed by atoms with van der Waals surface area (Å²) in [5.74, 6) is 1.53. The maximum absolute atomic E-state index is 12.6. The Kier molecular flexibility index (Phi) is 9.92. The van der Waals surface area contributed by atoms with Crippen LogP contribution in [0.4, 0.5) is 5.69 Å². The summed E-state index contributed by atoms with van der Waals surface area (Å²) in [6, 6.07) is 8.88. The third kappa shape index (κ3) is 6.00. The number of fused-ring (bicyclic) bond motifs is 2. The molecule has 0 saturated heterocycles. The number of benzene rings is 1. The fraction of sp³-hybridized carbons (Fsp3) is 0.667. The molecule has 3 N–H and O–H groups in total. The van der Waals surface area contributed by atoms with Gasteiger partial charge in [0.25, 0.3) is 0 Å². The van der Waals surface area contributed by atoms with Gasteiger partial charge in [-0.15, -0.1) is 24.8 Å². The minimum Gasteiger partial charge on any atom is -0.370 e. The fourth-order valence-electron chi connectivity index (χ4n) is 4.76. The van der Waals surface area contributed by atoms with Crippen molar-refractivity contribution in [1.82, 2.24) is 5.32 Å². The smallest absolute Gasteiger partial charge is 0.223 e. The summed E-state index contributed by atoms with van der Waals surface area (Å²) in [5.41, 5.74) is 8.84. The number of rotatable bonds is 6. The van der Waals surface area contributed by atoms with Crippen molar-refractivity contribution in [2.75, 3.05) is 24.5 Å². The van der Waals surface area contributed by atoms with Crippen LogP contribution in [-0.2, 0) is 4.79 Å². The van der Waals surface area contributed by atoms with Gasteiger partial charge < -0.3 is 16.0 Å². The first-order valence-corrected chi connectivity index (χ1v) is 9.93. The first-order chi connectivity index (χ1) is 12.1. The van der Waals surface area contributed by atoms with Crippen LogP contribution < -0.4 is 16.0 Å². The average molecular weight is 416 g/mol. The topological polar surface area (TPSA) is 58.4 Å². The van der Waals surface area contributed by atoms with E-state index in [0.717, 1.165) is 25.9 Å². The minimum atomic E-state index is 0. The van der Waals surface area contributed by atoms with Crippen LogP contribution in [0.5, 0.6) is 0 Å². The first-order valence-electron chi connectivity index (χ1n) is 9.93. The molecule has 2 aliphatic rings. The number of nitrogens with zero attached hydrogens (tertiary/aromatic N) is 1. The van der Waals surface area contributed by atoms with Crippen LogP contribution in [0.2, 0.25) is 0 Å². The zero-order valence-corrected chi connectivity index (χ0v) is 18.2. The number of amides is 1. The van der Waals surface area contributed by atoms with Crippen LogP contribution in [-0.4, -0.2) is 31.6 Å². The predicted molar refractivity (Wildman–Crippen MR) is 118 cm³/mol. The molecular formula is C21H35Cl2N3O. The standard InChI is InChI=1S/C21H33N3O.2ClH/c1-3-24(19-9-4-6-15(2)12-19)11-10-23-21(25)18-13-16-7-5-8-17(14-18)20(16)22;;/h4,6,9,12,16-18,20H,3,5,7-8,10-11,13-14,22H2,1-2H3,(H,23,25);2*1H. The highest BCUT2D eigenvalue weighted by atomic mass is 35.5. The third-order valence-electron chi connectivity index (χ3n) is 6.21. The van der Waals surface area contributed by atoms with Crippen molar-refractivity contribution < 1.29 is 4.79 Å². The van der Waals surface area contributed by atoms with Gasteiger partial charge in [-0.2, -0.15) is 0 Å². The maximum atomic E-state index is 12.6. The lowest BCUT2D eigenvalue weighted by Crippen LogP contribution is -2.49. The molecule has 154 valence electrons. The van der Waals surface area contributed by atoms with Crippen molar-refractivity contribution in [2.24, 2.45) is 23.5 Å². The average Bonchev–Trinajstić information content (AvgIpc) is 2.58. The van der Waals surface area contributed by atoms with Gasteiger partial charge in [0.1, 0.15) is 0 Å². The van der Waals surface area contributed by atoms with E-state index in [2.05, 4.69) is 48.3 Å². The van der Waals surface area contributed by atoms with Crippen LogP contribution >= 0.6 is 24.8 Å². The van der Waals surface area contributed by atoms with E-state index >= 15 is 0 Å². The predicted octanol–water partition coefficient (Wildman–Crippen LogP) is 3.93. The minimum absolute atomic E-state index is 0. The molecule has 3 rings (SSSR count). The molecule has 0 heterocycles. The Bertz CT molecular complexity index is 585. The van der Waals surface area contributed by atoms with Crippen LogP contribution in [0.15, 0.2) is 24.3 Å². The van der Waals surface area contributed by atoms with E-state index in [1.54, 1.807) is 0 Å². The van der Waals surface area contributed by atoms with Crippen LogP contribution in [0, 0.1) is 24.7 Å². The highest BCUT2D eigenvalue weighted by Gasteiger charge is 2.40. The molecule has 6 heteroatoms. The quantitative estimate of drug-likeness (QED) is 0.739. The van der Waals surface area contributed by atoms with Crippen molar-refractivity contribution >= 4 is 36.4 Å². The summed E-state index contributed by atoms with van der Waals surface area (Å²) in [6.07, 6.45) is 5.67. The molecule has 27 heavy (non-hydrogen) atoms. The van der Waals surface area contributed by atoms with Crippen molar-refractivity contribution in [1.29, 1.82) is 0 Å². The highest BCUT2D eigenvalue weighted by molar-refractivity contribution is 5.85. The van der Waals surface area contributed by atoms with Crippen molar-refractivity contribution in [3.63, 3.8) is 0 Å². The number of hydrogen-bond donors (Lipinski definition) is 2. The van der Waals surface area contributed by atoms with E-state index in [9.17, 15) is 4.79 Å². The lowest BCUT2D eigenvalue weighted by atomic mass is 9.65. The molecule has 2 atom stereocenters. The number of hydrogen-bond acceptors (Lipinski definition) is 3. The Morgan fingerprint density at radius 3 is 2.48 bits per heavy atom. The Morgan fingerprint density at radius 1 is 1.22 bits per heavy atom.